The molecule has 3 rings (SSSR count). The minimum atomic E-state index is -0.791. The molecule has 0 radical (unpaired) electrons. The summed E-state index contributed by atoms with van der Waals surface area (Å²) >= 11 is 0. The van der Waals surface area contributed by atoms with Gasteiger partial charge in [0.15, 0.2) is 0 Å². The van der Waals surface area contributed by atoms with E-state index in [0.717, 1.165) is 83.5 Å². The molecule has 0 bridgehead atoms. The van der Waals surface area contributed by atoms with Crippen molar-refractivity contribution in [3.63, 3.8) is 0 Å². The minimum Gasteiger partial charge on any atom is -0.481 e. The highest BCUT2D eigenvalue weighted by atomic mass is 17.1. The van der Waals surface area contributed by atoms with Gasteiger partial charge in [-0.15, -0.1) is 0 Å². The number of allylic oxidation sites excluding steroid dienone is 5. The van der Waals surface area contributed by atoms with Crippen LogP contribution in [0.5, 0.6) is 0 Å². The molecular formula is C60H102O16. The van der Waals surface area contributed by atoms with Gasteiger partial charge in [0.2, 0.25) is 0 Å². The van der Waals surface area contributed by atoms with E-state index in [1.807, 2.05) is 61.6 Å². The fraction of sp³-hybridized carbons (Fsp3) is 0.750. The molecule has 438 valence electrons. The molecule has 16 heteroatoms. The molecular weight excluding hydrogens is 977 g/mol. The molecule has 3 aliphatic rings. The SMILES string of the molecule is CC/C=C\C[C@H](O)/C=C/[C@@H]1[C@@H](C/C=C\CCCC(=O)O)[C@@H](O)C[C@H]1O.CCCCC[C@@H](/C=C/C1C(O)CC(O)C1CCCCCCC(=O)O)OO.CCCCC[C@H](O)/C=C/C1C(O)CC(O)C1C/C=C\CCCC(=O)O. The zero-order valence-electron chi connectivity index (χ0n) is 46.2. The Balaban J connectivity index is 0.000000570. The Kier molecular flexibility index (Phi) is 40.2. The van der Waals surface area contributed by atoms with Gasteiger partial charge in [0, 0.05) is 56.3 Å². The summed E-state index contributed by atoms with van der Waals surface area (Å²) in [5.41, 5.74) is 0. The number of hydrogen-bond acceptors (Lipinski definition) is 13. The van der Waals surface area contributed by atoms with Gasteiger partial charge in [-0.1, -0.05) is 151 Å². The lowest BCUT2D eigenvalue weighted by atomic mass is 9.88. The lowest BCUT2D eigenvalue weighted by molar-refractivity contribution is -0.267. The Bertz CT molecular complexity index is 1690. The summed E-state index contributed by atoms with van der Waals surface area (Å²) < 4.78 is 0. The van der Waals surface area contributed by atoms with E-state index < -0.39 is 66.7 Å². The van der Waals surface area contributed by atoms with E-state index in [-0.39, 0.29) is 60.9 Å². The second kappa shape index (κ2) is 43.3. The van der Waals surface area contributed by atoms with Crippen LogP contribution in [0.2, 0.25) is 0 Å². The third kappa shape index (κ3) is 31.8. The number of rotatable bonds is 37. The van der Waals surface area contributed by atoms with Crippen LogP contribution in [-0.4, -0.2) is 134 Å². The summed E-state index contributed by atoms with van der Waals surface area (Å²) in [4.78, 5) is 35.9. The average molecular weight is 1080 g/mol. The monoisotopic (exact) mass is 1080 g/mol. The molecule has 0 aliphatic heterocycles. The number of carboxylic acid groups (broad SMARTS) is 3. The molecule has 0 amide bonds. The van der Waals surface area contributed by atoms with Gasteiger partial charge in [-0.3, -0.25) is 19.6 Å². The molecule has 12 N–H and O–H groups in total. The standard InChI is InChI=1S/C20H36O6.C20H34O5.C20H32O5/c1-2-3-6-9-15(26-25)12-13-17-16(18(21)14-19(17)22)10-7-4-5-8-11-20(23)24;2*1-2-3-6-9-15(21)12-13-17-16(18(22)14-19(17)23)10-7-4-5-8-11-20(24)25/h12-13,15-19,21-22,25H,2-11,14H2,1H3,(H,23,24);4,7,12-13,15-19,21-23H,2-3,5-6,8-11,14H2,1H3,(H,24,25);3-4,6-7,12-13,15-19,21-23H,2,5,8-11,14H2,1H3,(H,24,25)/b13-12+;7-4-,13-12+;6-3-,7-4-,13-12+/t2*15-,16?,17?,18?,19?;15-,16+,17+,18-,19+/m000/s1. The van der Waals surface area contributed by atoms with Crippen LogP contribution in [0, 0.1) is 35.5 Å². The predicted octanol–water partition coefficient (Wildman–Crippen LogP) is 9.63. The molecule has 0 aromatic rings. The molecule has 15 atom stereocenters. The highest BCUT2D eigenvalue weighted by molar-refractivity contribution is 5.67. The smallest absolute Gasteiger partial charge is 0.303 e. The molecule has 0 saturated heterocycles. The van der Waals surface area contributed by atoms with Crippen LogP contribution >= 0.6 is 0 Å². The third-order valence-electron chi connectivity index (χ3n) is 14.9. The summed E-state index contributed by atoms with van der Waals surface area (Å²) in [6.45, 7) is 6.28. The van der Waals surface area contributed by atoms with Crippen LogP contribution in [0.15, 0.2) is 72.9 Å². The molecule has 0 spiro atoms. The first kappa shape index (κ1) is 70.5. The summed E-state index contributed by atoms with van der Waals surface area (Å²) in [7, 11) is 0. The van der Waals surface area contributed by atoms with Crippen molar-refractivity contribution in [2.75, 3.05) is 0 Å². The van der Waals surface area contributed by atoms with Crippen molar-refractivity contribution in [1.82, 2.24) is 0 Å². The molecule has 3 aliphatic carbocycles. The van der Waals surface area contributed by atoms with Gasteiger partial charge in [-0.2, -0.15) is 0 Å². The average Bonchev–Trinajstić information content (AvgIpc) is 3.92. The number of aliphatic hydroxyl groups excluding tert-OH is 8. The van der Waals surface area contributed by atoms with E-state index in [1.165, 1.54) is 0 Å². The lowest BCUT2D eigenvalue weighted by Crippen LogP contribution is -2.21. The quantitative estimate of drug-likeness (QED) is 0.0119. The van der Waals surface area contributed by atoms with Gasteiger partial charge >= 0.3 is 17.9 Å². The topological polar surface area (TPSA) is 303 Å². The Hall–Kier alpha value is -3.55. The van der Waals surface area contributed by atoms with Gasteiger partial charge in [0.1, 0.15) is 6.10 Å². The molecule has 0 heterocycles. The van der Waals surface area contributed by atoms with Crippen molar-refractivity contribution in [1.29, 1.82) is 0 Å². The van der Waals surface area contributed by atoms with Crippen molar-refractivity contribution in [3.8, 4) is 0 Å². The fourth-order valence-corrected chi connectivity index (χ4v) is 10.4. The number of hydrogen-bond donors (Lipinski definition) is 12. The Morgan fingerprint density at radius 1 is 0.474 bits per heavy atom. The molecule has 8 unspecified atom stereocenters. The molecule has 0 aromatic carbocycles. The molecule has 76 heavy (non-hydrogen) atoms. The minimum absolute atomic E-state index is 0.00397. The third-order valence-corrected chi connectivity index (χ3v) is 14.9. The van der Waals surface area contributed by atoms with Crippen LogP contribution < -0.4 is 0 Å². The van der Waals surface area contributed by atoms with Gasteiger partial charge in [0.05, 0.1) is 48.8 Å². The number of unbranched alkanes of at least 4 members (excludes halogenated alkanes) is 9. The number of carboxylic acids is 3. The van der Waals surface area contributed by atoms with Gasteiger partial charge in [-0.05, 0) is 94.8 Å². The second-order valence-electron chi connectivity index (χ2n) is 21.2. The maximum Gasteiger partial charge on any atom is 0.303 e. The summed E-state index contributed by atoms with van der Waals surface area (Å²) in [6.07, 6.45) is 36.7. The summed E-state index contributed by atoms with van der Waals surface area (Å²) in [5, 5.41) is 116. The van der Waals surface area contributed by atoms with Crippen LogP contribution in [0.3, 0.4) is 0 Å². The van der Waals surface area contributed by atoms with E-state index in [0.29, 0.717) is 70.6 Å². The van der Waals surface area contributed by atoms with Crippen LogP contribution in [0.4, 0.5) is 0 Å². The van der Waals surface area contributed by atoms with Crippen molar-refractivity contribution < 1.29 is 80.7 Å². The first-order valence-electron chi connectivity index (χ1n) is 28.8. The number of aliphatic carboxylic acids is 3. The maximum absolute atomic E-state index is 10.5. The normalized spacial score (nSPS) is 27.9. The van der Waals surface area contributed by atoms with E-state index in [9.17, 15) is 55.2 Å². The zero-order chi connectivity index (χ0) is 56.7. The van der Waals surface area contributed by atoms with Crippen LogP contribution in [0.1, 0.15) is 194 Å². The second-order valence-corrected chi connectivity index (χ2v) is 21.2. The highest BCUT2D eigenvalue weighted by Gasteiger charge is 2.41. The maximum atomic E-state index is 10.5. The van der Waals surface area contributed by atoms with Crippen molar-refractivity contribution in [3.05, 3.63) is 72.9 Å². The lowest BCUT2D eigenvalue weighted by Gasteiger charge is -2.21. The highest BCUT2D eigenvalue weighted by Crippen LogP contribution is 2.39. The largest absolute Gasteiger partial charge is 0.481 e. The first-order chi connectivity index (χ1) is 36.4. The molecule has 0 aromatic heterocycles. The van der Waals surface area contributed by atoms with Gasteiger partial charge in [0.25, 0.3) is 0 Å². The van der Waals surface area contributed by atoms with Gasteiger partial charge < -0.3 is 56.2 Å². The molecule has 3 fully saturated rings. The van der Waals surface area contributed by atoms with Crippen molar-refractivity contribution >= 4 is 17.9 Å². The number of carbonyl (C=O) groups is 3. The molecule has 3 saturated carbocycles. The van der Waals surface area contributed by atoms with E-state index in [4.69, 9.17) is 20.6 Å². The predicted molar refractivity (Wildman–Crippen MR) is 296 cm³/mol. The Labute approximate surface area is 454 Å². The Morgan fingerprint density at radius 2 is 0.908 bits per heavy atom. The van der Waals surface area contributed by atoms with Crippen LogP contribution in [-0.2, 0) is 19.3 Å². The fourth-order valence-electron chi connectivity index (χ4n) is 10.4. The van der Waals surface area contributed by atoms with E-state index in [2.05, 4.69) is 18.7 Å². The van der Waals surface area contributed by atoms with E-state index in [1.54, 1.807) is 18.2 Å². The van der Waals surface area contributed by atoms with Gasteiger partial charge in [-0.25, -0.2) is 4.89 Å². The van der Waals surface area contributed by atoms with Crippen molar-refractivity contribution in [2.24, 2.45) is 35.5 Å². The number of aliphatic hydroxyl groups is 8. The molecule has 16 nitrogen and oxygen atoms in total. The first-order valence-corrected chi connectivity index (χ1v) is 28.8. The zero-order valence-corrected chi connectivity index (χ0v) is 46.2. The van der Waals surface area contributed by atoms with E-state index >= 15 is 0 Å². The Morgan fingerprint density at radius 3 is 1.38 bits per heavy atom. The summed E-state index contributed by atoms with van der Waals surface area (Å²) in [6, 6.07) is 0. The van der Waals surface area contributed by atoms with Crippen LogP contribution in [0.25, 0.3) is 0 Å². The van der Waals surface area contributed by atoms with Crippen molar-refractivity contribution in [2.45, 2.75) is 249 Å². The summed E-state index contributed by atoms with van der Waals surface area (Å²) in [5.74, 6) is -2.95.